The van der Waals surface area contributed by atoms with E-state index in [-0.39, 0.29) is 17.1 Å². The molecule has 32 heavy (non-hydrogen) atoms. The molecule has 0 saturated heterocycles. The fourth-order valence-electron chi connectivity index (χ4n) is 3.04. The highest BCUT2D eigenvalue weighted by molar-refractivity contribution is 9.10. The van der Waals surface area contributed by atoms with Crippen LogP contribution in [-0.2, 0) is 12.3 Å². The van der Waals surface area contributed by atoms with Crippen LogP contribution in [0.3, 0.4) is 0 Å². The highest BCUT2D eigenvalue weighted by Crippen LogP contribution is 2.26. The zero-order chi connectivity index (χ0) is 22.5. The van der Waals surface area contributed by atoms with Crippen LogP contribution in [0.15, 0.2) is 82.4 Å². The summed E-state index contributed by atoms with van der Waals surface area (Å²) >= 11 is 11.0. The van der Waals surface area contributed by atoms with Crippen LogP contribution >= 0.6 is 39.3 Å². The number of halogens is 3. The van der Waals surface area contributed by atoms with Crippen molar-refractivity contribution < 1.29 is 9.18 Å². The lowest BCUT2D eigenvalue weighted by molar-refractivity contribution is 0.0946. The van der Waals surface area contributed by atoms with Gasteiger partial charge in [-0.05, 0) is 42.0 Å². The number of hydrogen-bond donors (Lipinski definition) is 1. The number of benzene rings is 3. The highest BCUT2D eigenvalue weighted by Gasteiger charge is 2.19. The van der Waals surface area contributed by atoms with Crippen LogP contribution in [0.25, 0.3) is 5.69 Å². The molecule has 0 unspecified atom stereocenters. The summed E-state index contributed by atoms with van der Waals surface area (Å²) in [5, 5.41) is 12.0. The van der Waals surface area contributed by atoms with Gasteiger partial charge in [0.1, 0.15) is 5.82 Å². The minimum Gasteiger partial charge on any atom is -0.345 e. The Hall–Kier alpha value is -2.68. The van der Waals surface area contributed by atoms with Crippen molar-refractivity contribution in [2.45, 2.75) is 17.5 Å². The number of para-hydroxylation sites is 1. The van der Waals surface area contributed by atoms with E-state index in [0.717, 1.165) is 15.7 Å². The Morgan fingerprint density at radius 3 is 2.50 bits per heavy atom. The SMILES string of the molecule is O=C(NCc1nnc(SCc2ccc(Br)cc2)n1-c1ccccc1)c1c(F)cccc1Cl. The van der Waals surface area contributed by atoms with Crippen LogP contribution in [-0.4, -0.2) is 20.7 Å². The minimum absolute atomic E-state index is 0.0535. The standard InChI is InChI=1S/C23H17BrClFN4OS/c24-16-11-9-15(10-12-16)14-32-23-29-28-20(30(23)17-5-2-1-3-6-17)13-27-22(31)21-18(25)7-4-8-19(21)26/h1-12H,13-14H2,(H,27,31). The van der Waals surface area contributed by atoms with Crippen molar-refractivity contribution in [1.29, 1.82) is 0 Å². The molecular formula is C23H17BrClFN4OS. The van der Waals surface area contributed by atoms with E-state index in [4.69, 9.17) is 11.6 Å². The van der Waals surface area contributed by atoms with Crippen molar-refractivity contribution in [2.75, 3.05) is 0 Å². The maximum atomic E-state index is 14.1. The number of carbonyl (C=O) groups excluding carboxylic acids is 1. The maximum absolute atomic E-state index is 14.1. The van der Waals surface area contributed by atoms with Gasteiger partial charge in [0.2, 0.25) is 0 Å². The third kappa shape index (κ3) is 5.20. The Balaban J connectivity index is 1.56. The van der Waals surface area contributed by atoms with Gasteiger partial charge >= 0.3 is 0 Å². The summed E-state index contributed by atoms with van der Waals surface area (Å²) in [4.78, 5) is 12.6. The number of amides is 1. The van der Waals surface area contributed by atoms with Crippen LogP contribution in [0.4, 0.5) is 4.39 Å². The summed E-state index contributed by atoms with van der Waals surface area (Å²) in [5.74, 6) is -0.0597. The molecule has 5 nitrogen and oxygen atoms in total. The number of aromatic nitrogens is 3. The zero-order valence-electron chi connectivity index (χ0n) is 16.6. The first-order valence-electron chi connectivity index (χ1n) is 9.62. The molecule has 0 saturated carbocycles. The Morgan fingerprint density at radius 2 is 1.78 bits per heavy atom. The van der Waals surface area contributed by atoms with Crippen molar-refractivity contribution in [3.63, 3.8) is 0 Å². The van der Waals surface area contributed by atoms with Gasteiger partial charge in [-0.25, -0.2) is 4.39 Å². The summed E-state index contributed by atoms with van der Waals surface area (Å²) in [5.41, 5.74) is 1.82. The van der Waals surface area contributed by atoms with Crippen molar-refractivity contribution in [2.24, 2.45) is 0 Å². The summed E-state index contributed by atoms with van der Waals surface area (Å²) < 4.78 is 17.0. The fourth-order valence-corrected chi connectivity index (χ4v) is 4.48. The van der Waals surface area contributed by atoms with Crippen molar-refractivity contribution >= 4 is 45.2 Å². The Bertz CT molecular complexity index is 1210. The molecule has 0 radical (unpaired) electrons. The van der Waals surface area contributed by atoms with E-state index in [1.807, 2.05) is 59.2 Å². The van der Waals surface area contributed by atoms with E-state index in [1.54, 1.807) is 0 Å². The molecule has 1 aromatic heterocycles. The molecule has 1 N–H and O–H groups in total. The molecule has 0 aliphatic heterocycles. The molecule has 4 rings (SSSR count). The van der Waals surface area contributed by atoms with E-state index in [0.29, 0.717) is 16.7 Å². The molecular weight excluding hydrogens is 515 g/mol. The summed E-state index contributed by atoms with van der Waals surface area (Å²) in [7, 11) is 0. The van der Waals surface area contributed by atoms with Gasteiger partial charge in [0.05, 0.1) is 17.1 Å². The molecule has 4 aromatic rings. The van der Waals surface area contributed by atoms with Crippen LogP contribution < -0.4 is 5.32 Å². The van der Waals surface area contributed by atoms with Gasteiger partial charge < -0.3 is 5.32 Å². The largest absolute Gasteiger partial charge is 0.345 e. The lowest BCUT2D eigenvalue weighted by Gasteiger charge is -2.11. The van der Waals surface area contributed by atoms with Gasteiger partial charge in [-0.1, -0.05) is 75.7 Å². The van der Waals surface area contributed by atoms with E-state index in [2.05, 4.69) is 31.4 Å². The molecule has 1 amide bonds. The van der Waals surface area contributed by atoms with E-state index >= 15 is 0 Å². The molecule has 1 heterocycles. The molecule has 0 fully saturated rings. The van der Waals surface area contributed by atoms with E-state index in [1.165, 1.54) is 30.0 Å². The Kier molecular flexibility index (Phi) is 7.24. The third-order valence-electron chi connectivity index (χ3n) is 4.59. The smallest absolute Gasteiger partial charge is 0.256 e. The molecule has 0 spiro atoms. The number of hydrogen-bond acceptors (Lipinski definition) is 4. The van der Waals surface area contributed by atoms with E-state index in [9.17, 15) is 9.18 Å². The van der Waals surface area contributed by atoms with Gasteiger partial charge in [0, 0.05) is 15.9 Å². The normalized spacial score (nSPS) is 10.8. The topological polar surface area (TPSA) is 59.8 Å². The first-order valence-corrected chi connectivity index (χ1v) is 11.8. The van der Waals surface area contributed by atoms with Gasteiger partial charge in [-0.15, -0.1) is 10.2 Å². The van der Waals surface area contributed by atoms with Gasteiger partial charge in [-0.3, -0.25) is 9.36 Å². The summed E-state index contributed by atoms with van der Waals surface area (Å²) in [6.07, 6.45) is 0. The average molecular weight is 532 g/mol. The quantitative estimate of drug-likeness (QED) is 0.295. The average Bonchev–Trinajstić information content (AvgIpc) is 3.20. The van der Waals surface area contributed by atoms with Gasteiger partial charge in [-0.2, -0.15) is 0 Å². The van der Waals surface area contributed by atoms with Crippen LogP contribution in [0.2, 0.25) is 5.02 Å². The molecule has 0 atom stereocenters. The number of thioether (sulfide) groups is 1. The first kappa shape index (κ1) is 22.5. The summed E-state index contributed by atoms with van der Waals surface area (Å²) in [6.45, 7) is 0.0598. The number of carbonyl (C=O) groups is 1. The number of nitrogens with one attached hydrogen (secondary N) is 1. The zero-order valence-corrected chi connectivity index (χ0v) is 19.8. The Morgan fingerprint density at radius 1 is 1.03 bits per heavy atom. The molecule has 0 aliphatic rings. The maximum Gasteiger partial charge on any atom is 0.256 e. The molecule has 162 valence electrons. The number of rotatable bonds is 7. The predicted octanol–water partition coefficient (Wildman–Crippen LogP) is 6.04. The van der Waals surface area contributed by atoms with Crippen molar-refractivity contribution in [1.82, 2.24) is 20.1 Å². The second-order valence-electron chi connectivity index (χ2n) is 6.76. The lowest BCUT2D eigenvalue weighted by atomic mass is 10.2. The third-order valence-corrected chi connectivity index (χ3v) is 6.44. The van der Waals surface area contributed by atoms with Crippen LogP contribution in [0.1, 0.15) is 21.7 Å². The monoisotopic (exact) mass is 530 g/mol. The van der Waals surface area contributed by atoms with Crippen molar-refractivity contribution in [3.8, 4) is 5.69 Å². The van der Waals surface area contributed by atoms with Gasteiger partial charge in [0.25, 0.3) is 5.91 Å². The fraction of sp³-hybridized carbons (Fsp3) is 0.0870. The molecule has 0 bridgehead atoms. The molecule has 9 heteroatoms. The Labute approximate surface area is 202 Å². The predicted molar refractivity (Wildman–Crippen MR) is 128 cm³/mol. The van der Waals surface area contributed by atoms with Gasteiger partial charge in [0.15, 0.2) is 11.0 Å². The highest BCUT2D eigenvalue weighted by atomic mass is 79.9. The summed E-state index contributed by atoms with van der Waals surface area (Å²) in [6, 6.07) is 21.8. The first-order chi connectivity index (χ1) is 15.5. The second kappa shape index (κ2) is 10.3. The second-order valence-corrected chi connectivity index (χ2v) is 9.03. The minimum atomic E-state index is -0.676. The number of nitrogens with zero attached hydrogens (tertiary/aromatic N) is 3. The van der Waals surface area contributed by atoms with Crippen LogP contribution in [0, 0.1) is 5.82 Å². The molecule has 0 aliphatic carbocycles. The van der Waals surface area contributed by atoms with Crippen molar-refractivity contribution in [3.05, 3.63) is 105 Å². The lowest BCUT2D eigenvalue weighted by Crippen LogP contribution is -2.26. The molecule has 3 aromatic carbocycles. The van der Waals surface area contributed by atoms with E-state index < -0.39 is 11.7 Å². The van der Waals surface area contributed by atoms with Crippen LogP contribution in [0.5, 0.6) is 0 Å².